The Balaban J connectivity index is 2.02. The highest BCUT2D eigenvalue weighted by molar-refractivity contribution is 7.15. The summed E-state index contributed by atoms with van der Waals surface area (Å²) < 4.78 is 0. The molecule has 108 valence electrons. The zero-order chi connectivity index (χ0) is 13.8. The van der Waals surface area contributed by atoms with Crippen LogP contribution in [0.25, 0.3) is 0 Å². The van der Waals surface area contributed by atoms with Crippen LogP contribution in [-0.2, 0) is 6.42 Å². The summed E-state index contributed by atoms with van der Waals surface area (Å²) in [7, 11) is 4.21. The zero-order valence-electron chi connectivity index (χ0n) is 12.2. The third-order valence-electron chi connectivity index (χ3n) is 3.60. The summed E-state index contributed by atoms with van der Waals surface area (Å²) in [6.07, 6.45) is 3.84. The molecule has 0 aliphatic heterocycles. The van der Waals surface area contributed by atoms with Gasteiger partial charge in [0, 0.05) is 18.0 Å². The van der Waals surface area contributed by atoms with Gasteiger partial charge in [-0.2, -0.15) is 0 Å². The molecule has 1 heterocycles. The van der Waals surface area contributed by atoms with E-state index >= 15 is 0 Å². The topological polar surface area (TPSA) is 39.6 Å². The van der Waals surface area contributed by atoms with E-state index in [1.807, 2.05) is 0 Å². The predicted octanol–water partition coefficient (Wildman–Crippen LogP) is 2.29. The summed E-state index contributed by atoms with van der Waals surface area (Å²) >= 11 is 1.77. The Labute approximate surface area is 120 Å². The van der Waals surface area contributed by atoms with Crippen molar-refractivity contribution in [2.45, 2.75) is 38.7 Å². The molecule has 0 radical (unpaired) electrons. The lowest BCUT2D eigenvalue weighted by Crippen LogP contribution is -2.26. The van der Waals surface area contributed by atoms with Crippen LogP contribution in [0.5, 0.6) is 0 Å². The lowest BCUT2D eigenvalue weighted by Gasteiger charge is -2.20. The van der Waals surface area contributed by atoms with Crippen LogP contribution >= 0.6 is 11.3 Å². The number of rotatable bonds is 6. The number of thiazole rings is 1. The Morgan fingerprint density at radius 1 is 1.37 bits per heavy atom. The monoisotopic (exact) mass is 283 g/mol. The number of aromatic nitrogens is 1. The van der Waals surface area contributed by atoms with E-state index in [0.717, 1.165) is 56.1 Å². The highest BCUT2D eigenvalue weighted by atomic mass is 32.1. The molecule has 5 heteroatoms. The second-order valence-corrected chi connectivity index (χ2v) is 6.51. The third kappa shape index (κ3) is 3.68. The molecule has 0 spiro atoms. The van der Waals surface area contributed by atoms with Crippen LogP contribution in [0.2, 0.25) is 0 Å². The van der Waals surface area contributed by atoms with Gasteiger partial charge in [0.25, 0.3) is 0 Å². The van der Waals surface area contributed by atoms with Gasteiger partial charge in [-0.1, -0.05) is 0 Å². The fourth-order valence-corrected chi connectivity index (χ4v) is 3.73. The van der Waals surface area contributed by atoms with E-state index < -0.39 is 0 Å². The summed E-state index contributed by atoms with van der Waals surface area (Å²) in [5.41, 5.74) is 0.942. The molecule has 4 nitrogen and oxygen atoms in total. The van der Waals surface area contributed by atoms with Crippen LogP contribution in [0.1, 0.15) is 42.9 Å². The van der Waals surface area contributed by atoms with Crippen molar-refractivity contribution in [1.29, 1.82) is 0 Å². The Morgan fingerprint density at radius 3 is 2.79 bits per heavy atom. The van der Waals surface area contributed by atoms with E-state index in [4.69, 9.17) is 0 Å². The first-order chi connectivity index (χ1) is 9.11. The van der Waals surface area contributed by atoms with Crippen molar-refractivity contribution in [3.63, 3.8) is 0 Å². The van der Waals surface area contributed by atoms with Crippen molar-refractivity contribution in [1.82, 2.24) is 9.88 Å². The fourth-order valence-electron chi connectivity index (χ4n) is 2.48. The molecule has 1 aromatic rings. The molecule has 1 aromatic heterocycles. The SMILES string of the molecule is CCN(CCCN(C)C)c1nc2c(s1)CCCC2O. The second kappa shape index (κ2) is 6.68. The average Bonchev–Trinajstić information content (AvgIpc) is 2.79. The molecule has 0 amide bonds. The Morgan fingerprint density at radius 2 is 2.16 bits per heavy atom. The highest BCUT2D eigenvalue weighted by Crippen LogP contribution is 2.36. The predicted molar refractivity (Wildman–Crippen MR) is 81.1 cm³/mol. The largest absolute Gasteiger partial charge is 0.387 e. The summed E-state index contributed by atoms with van der Waals surface area (Å²) in [5.74, 6) is 0. The van der Waals surface area contributed by atoms with E-state index in [-0.39, 0.29) is 6.10 Å². The molecule has 0 bridgehead atoms. The van der Waals surface area contributed by atoms with Crippen LogP contribution in [0.15, 0.2) is 0 Å². The van der Waals surface area contributed by atoms with Gasteiger partial charge >= 0.3 is 0 Å². The standard InChI is InChI=1S/C14H25N3OS/c1-4-17(10-6-9-16(2)3)14-15-13-11(18)7-5-8-12(13)19-14/h11,18H,4-10H2,1-3H3. The van der Waals surface area contributed by atoms with Gasteiger partial charge in [0.1, 0.15) is 0 Å². The van der Waals surface area contributed by atoms with E-state index in [9.17, 15) is 5.11 Å². The van der Waals surface area contributed by atoms with Gasteiger partial charge in [-0.05, 0) is 53.2 Å². The quantitative estimate of drug-likeness (QED) is 0.869. The number of hydrogen-bond acceptors (Lipinski definition) is 5. The van der Waals surface area contributed by atoms with Gasteiger partial charge < -0.3 is 14.9 Å². The molecule has 1 aliphatic rings. The van der Waals surface area contributed by atoms with Crippen molar-refractivity contribution in [3.05, 3.63) is 10.6 Å². The Kier molecular flexibility index (Phi) is 5.19. The normalized spacial score (nSPS) is 18.7. The van der Waals surface area contributed by atoms with Crippen LogP contribution in [0, 0.1) is 0 Å². The van der Waals surface area contributed by atoms with Gasteiger partial charge in [0.05, 0.1) is 11.8 Å². The van der Waals surface area contributed by atoms with Gasteiger partial charge in [-0.25, -0.2) is 4.98 Å². The maximum atomic E-state index is 10.00. The molecule has 1 aliphatic carbocycles. The lowest BCUT2D eigenvalue weighted by atomic mass is 10.0. The van der Waals surface area contributed by atoms with E-state index in [2.05, 4.69) is 35.8 Å². The van der Waals surface area contributed by atoms with Gasteiger partial charge in [-0.15, -0.1) is 11.3 Å². The van der Waals surface area contributed by atoms with E-state index in [1.54, 1.807) is 11.3 Å². The second-order valence-electron chi connectivity index (χ2n) is 5.45. The minimum Gasteiger partial charge on any atom is -0.387 e. The molecule has 0 aromatic carbocycles. The molecule has 0 saturated heterocycles. The molecular formula is C14H25N3OS. The lowest BCUT2D eigenvalue weighted by molar-refractivity contribution is 0.153. The molecule has 0 fully saturated rings. The third-order valence-corrected chi connectivity index (χ3v) is 4.79. The molecule has 1 atom stereocenters. The number of fused-ring (bicyclic) bond motifs is 1. The number of aliphatic hydroxyl groups excluding tert-OH is 1. The van der Waals surface area contributed by atoms with Crippen molar-refractivity contribution in [2.24, 2.45) is 0 Å². The van der Waals surface area contributed by atoms with Crippen molar-refractivity contribution in [2.75, 3.05) is 38.6 Å². The number of anilines is 1. The minimum absolute atomic E-state index is 0.339. The first-order valence-electron chi connectivity index (χ1n) is 7.19. The summed E-state index contributed by atoms with van der Waals surface area (Å²) in [6.45, 7) is 5.30. The van der Waals surface area contributed by atoms with Crippen molar-refractivity contribution >= 4 is 16.5 Å². The van der Waals surface area contributed by atoms with Crippen molar-refractivity contribution < 1.29 is 5.11 Å². The maximum absolute atomic E-state index is 10.00. The fraction of sp³-hybridized carbons (Fsp3) is 0.786. The zero-order valence-corrected chi connectivity index (χ0v) is 13.0. The summed E-state index contributed by atoms with van der Waals surface area (Å²) in [6, 6.07) is 0. The molecule has 0 saturated carbocycles. The first kappa shape index (κ1) is 14.8. The smallest absolute Gasteiger partial charge is 0.185 e. The summed E-state index contributed by atoms with van der Waals surface area (Å²) in [5, 5.41) is 11.1. The molecule has 1 N–H and O–H groups in total. The molecule has 1 unspecified atom stereocenters. The van der Waals surface area contributed by atoms with E-state index in [1.165, 1.54) is 4.88 Å². The minimum atomic E-state index is -0.339. The molecular weight excluding hydrogens is 258 g/mol. The van der Waals surface area contributed by atoms with Crippen LogP contribution in [-0.4, -0.2) is 48.7 Å². The summed E-state index contributed by atoms with van der Waals surface area (Å²) in [4.78, 5) is 10.5. The Bertz CT molecular complexity index is 405. The van der Waals surface area contributed by atoms with Gasteiger partial charge in [0.15, 0.2) is 5.13 Å². The number of hydrogen-bond donors (Lipinski definition) is 1. The van der Waals surface area contributed by atoms with E-state index in [0.29, 0.717) is 0 Å². The first-order valence-corrected chi connectivity index (χ1v) is 8.00. The number of nitrogens with zero attached hydrogens (tertiary/aromatic N) is 3. The van der Waals surface area contributed by atoms with Crippen LogP contribution < -0.4 is 4.90 Å². The molecule has 19 heavy (non-hydrogen) atoms. The maximum Gasteiger partial charge on any atom is 0.185 e. The van der Waals surface area contributed by atoms with Crippen LogP contribution in [0.3, 0.4) is 0 Å². The van der Waals surface area contributed by atoms with Gasteiger partial charge in [0.2, 0.25) is 0 Å². The highest BCUT2D eigenvalue weighted by Gasteiger charge is 2.24. The Hall–Kier alpha value is -0.650. The van der Waals surface area contributed by atoms with Gasteiger partial charge in [-0.3, -0.25) is 0 Å². The number of aliphatic hydroxyl groups is 1. The average molecular weight is 283 g/mol. The molecule has 2 rings (SSSR count). The van der Waals surface area contributed by atoms with Crippen molar-refractivity contribution in [3.8, 4) is 0 Å². The van der Waals surface area contributed by atoms with Crippen LogP contribution in [0.4, 0.5) is 5.13 Å². The number of aryl methyl sites for hydroxylation is 1.